The van der Waals surface area contributed by atoms with Gasteiger partial charge in [-0.3, -0.25) is 13.8 Å². The Morgan fingerprint density at radius 3 is 1.15 bits per heavy atom. The summed E-state index contributed by atoms with van der Waals surface area (Å²) >= 11 is 0. The lowest BCUT2D eigenvalue weighted by atomic mass is 10.0. The summed E-state index contributed by atoms with van der Waals surface area (Å²) in [5.41, 5.74) is 0. The third kappa shape index (κ3) is 59.5. The number of phosphoric acid groups is 1. The SMILES string of the molecule is CCCCCCC/C=C\C/C=C\C/C=C\CCCCCCCCCCCCC(=O)OC(COCCCCCCCCCCCCCCCCCCCCCCCCCC)COP(=O)(O)OCC[N+](C)(C)C. The first-order chi connectivity index (χ1) is 34.6. The van der Waals surface area contributed by atoms with Gasteiger partial charge in [0.05, 0.1) is 34.4 Å². The number of allylic oxidation sites excluding steroid dienone is 6. The molecule has 0 aliphatic heterocycles. The molecule has 0 rings (SSSR count). The van der Waals surface area contributed by atoms with Gasteiger partial charge in [-0.2, -0.15) is 0 Å². The highest BCUT2D eigenvalue weighted by Gasteiger charge is 2.26. The summed E-state index contributed by atoms with van der Waals surface area (Å²) in [7, 11) is 1.68. The largest absolute Gasteiger partial charge is 0.472 e. The molecule has 420 valence electrons. The molecule has 2 unspecified atom stereocenters. The lowest BCUT2D eigenvalue weighted by molar-refractivity contribution is -0.870. The Hall–Kier alpha value is -1.28. The zero-order valence-electron chi connectivity index (χ0n) is 48.0. The standard InChI is InChI=1S/C62H120NO7P/c1-6-8-10-12-14-16-18-20-22-24-26-28-30-32-33-35-37-39-41-43-45-47-49-51-53-55-62(64)70-61(60-69-71(65,66)68-58-56-63(3,4)5)59-67-57-54-52-50-48-46-44-42-40-38-36-34-31-29-27-25-23-21-19-17-15-13-11-9-7-2/h18,20,24,26,30,32,61H,6-17,19,21-23,25,27-29,31,33-60H2,1-5H3/p+1/b20-18-,26-24-,32-30-. The van der Waals surface area contributed by atoms with Gasteiger partial charge in [-0.1, -0.05) is 275 Å². The van der Waals surface area contributed by atoms with Gasteiger partial charge in [-0.05, 0) is 51.4 Å². The lowest BCUT2D eigenvalue weighted by Gasteiger charge is -2.24. The quantitative estimate of drug-likeness (QED) is 0.0213. The van der Waals surface area contributed by atoms with Crippen molar-refractivity contribution >= 4 is 13.8 Å². The molecular weight excluding hydrogens is 902 g/mol. The molecule has 0 saturated heterocycles. The monoisotopic (exact) mass is 1020 g/mol. The number of esters is 1. The van der Waals surface area contributed by atoms with Crippen LogP contribution in [-0.2, 0) is 27.9 Å². The number of likely N-dealkylation sites (N-methyl/N-ethyl adjacent to an activating group) is 1. The number of ether oxygens (including phenoxy) is 2. The molecule has 0 bridgehead atoms. The molecule has 1 N–H and O–H groups in total. The van der Waals surface area contributed by atoms with E-state index >= 15 is 0 Å². The summed E-state index contributed by atoms with van der Waals surface area (Å²) in [4.78, 5) is 23.1. The van der Waals surface area contributed by atoms with E-state index in [-0.39, 0.29) is 25.8 Å². The van der Waals surface area contributed by atoms with E-state index in [2.05, 4.69) is 50.3 Å². The summed E-state index contributed by atoms with van der Waals surface area (Å²) in [5.74, 6) is -0.312. The van der Waals surface area contributed by atoms with Gasteiger partial charge in [-0.15, -0.1) is 0 Å². The molecular formula is C62H121NO7P+. The highest BCUT2D eigenvalue weighted by Crippen LogP contribution is 2.43. The molecule has 0 radical (unpaired) electrons. The predicted molar refractivity (Wildman–Crippen MR) is 307 cm³/mol. The van der Waals surface area contributed by atoms with Crippen molar-refractivity contribution in [2.24, 2.45) is 0 Å². The summed E-state index contributed by atoms with van der Waals surface area (Å²) < 4.78 is 35.3. The van der Waals surface area contributed by atoms with Gasteiger partial charge in [0, 0.05) is 13.0 Å². The molecule has 0 aromatic heterocycles. The van der Waals surface area contributed by atoms with Crippen LogP contribution < -0.4 is 0 Å². The van der Waals surface area contributed by atoms with Crippen LogP contribution in [0.1, 0.15) is 296 Å². The Morgan fingerprint density at radius 1 is 0.437 bits per heavy atom. The Labute approximate surface area is 442 Å². The molecule has 2 atom stereocenters. The summed E-state index contributed by atoms with van der Waals surface area (Å²) in [5, 5.41) is 0. The van der Waals surface area contributed by atoms with E-state index < -0.39 is 13.9 Å². The summed E-state index contributed by atoms with van der Waals surface area (Å²) in [6.45, 7) is 5.67. The molecule has 0 amide bonds. The van der Waals surface area contributed by atoms with Crippen molar-refractivity contribution in [2.45, 2.75) is 302 Å². The van der Waals surface area contributed by atoms with E-state index in [4.69, 9.17) is 18.5 Å². The van der Waals surface area contributed by atoms with Crippen molar-refractivity contribution in [3.05, 3.63) is 36.5 Å². The molecule has 0 heterocycles. The van der Waals surface area contributed by atoms with E-state index in [1.807, 2.05) is 21.1 Å². The number of carbonyl (C=O) groups excluding carboxylic acids is 1. The van der Waals surface area contributed by atoms with E-state index in [0.29, 0.717) is 24.1 Å². The zero-order valence-corrected chi connectivity index (χ0v) is 48.9. The predicted octanol–water partition coefficient (Wildman–Crippen LogP) is 19.6. The Morgan fingerprint density at radius 2 is 0.775 bits per heavy atom. The molecule has 0 aliphatic rings. The minimum atomic E-state index is -4.29. The molecule has 0 spiro atoms. The highest BCUT2D eigenvalue weighted by molar-refractivity contribution is 7.47. The number of carbonyl (C=O) groups is 1. The fourth-order valence-electron chi connectivity index (χ4n) is 8.98. The fourth-order valence-corrected chi connectivity index (χ4v) is 9.72. The number of nitrogens with zero attached hydrogens (tertiary/aromatic N) is 1. The minimum absolute atomic E-state index is 0.0895. The van der Waals surface area contributed by atoms with Crippen LogP contribution in [0, 0.1) is 0 Å². The van der Waals surface area contributed by atoms with Gasteiger partial charge < -0.3 is 18.9 Å². The number of hydrogen-bond acceptors (Lipinski definition) is 6. The topological polar surface area (TPSA) is 91.3 Å². The first-order valence-corrected chi connectivity index (χ1v) is 32.2. The number of hydrogen-bond donors (Lipinski definition) is 1. The second kappa shape index (κ2) is 55.0. The van der Waals surface area contributed by atoms with Crippen LogP contribution >= 0.6 is 7.82 Å². The normalized spacial score (nSPS) is 13.6. The van der Waals surface area contributed by atoms with Gasteiger partial charge in [0.15, 0.2) is 0 Å². The van der Waals surface area contributed by atoms with Gasteiger partial charge in [0.2, 0.25) is 0 Å². The van der Waals surface area contributed by atoms with Crippen LogP contribution in [0.15, 0.2) is 36.5 Å². The van der Waals surface area contributed by atoms with E-state index in [1.54, 1.807) is 0 Å². The van der Waals surface area contributed by atoms with Crippen molar-refractivity contribution in [3.8, 4) is 0 Å². The first-order valence-electron chi connectivity index (χ1n) is 30.7. The average molecular weight is 1020 g/mol. The Bertz CT molecular complexity index is 1230. The fraction of sp³-hybridized carbons (Fsp3) is 0.887. The molecule has 71 heavy (non-hydrogen) atoms. The second-order valence-electron chi connectivity index (χ2n) is 22.1. The van der Waals surface area contributed by atoms with Gasteiger partial charge in [-0.25, -0.2) is 4.57 Å². The molecule has 0 saturated carbocycles. The summed E-state index contributed by atoms with van der Waals surface area (Å²) in [6.07, 6.45) is 69.3. The van der Waals surface area contributed by atoms with Crippen LogP contribution in [0.4, 0.5) is 0 Å². The highest BCUT2D eigenvalue weighted by atomic mass is 31.2. The van der Waals surface area contributed by atoms with E-state index in [9.17, 15) is 14.3 Å². The Kier molecular flexibility index (Phi) is 54.0. The maximum atomic E-state index is 12.8. The molecule has 0 aromatic rings. The lowest BCUT2D eigenvalue weighted by Crippen LogP contribution is -2.37. The number of unbranched alkanes of at least 4 members (excludes halogenated alkanes) is 38. The number of rotatable bonds is 58. The molecule has 8 nitrogen and oxygen atoms in total. The van der Waals surface area contributed by atoms with Gasteiger partial charge in [0.25, 0.3) is 0 Å². The van der Waals surface area contributed by atoms with Crippen molar-refractivity contribution in [2.75, 3.05) is 54.1 Å². The van der Waals surface area contributed by atoms with Crippen LogP contribution in [0.5, 0.6) is 0 Å². The number of phosphoric ester groups is 1. The second-order valence-corrected chi connectivity index (χ2v) is 23.5. The van der Waals surface area contributed by atoms with E-state index in [1.165, 1.54) is 231 Å². The van der Waals surface area contributed by atoms with Crippen molar-refractivity contribution in [1.29, 1.82) is 0 Å². The minimum Gasteiger partial charge on any atom is -0.457 e. The first kappa shape index (κ1) is 69.7. The molecule has 0 aliphatic carbocycles. The van der Waals surface area contributed by atoms with Crippen LogP contribution in [-0.4, -0.2) is 75.6 Å². The maximum Gasteiger partial charge on any atom is 0.472 e. The average Bonchev–Trinajstić information content (AvgIpc) is 3.33. The van der Waals surface area contributed by atoms with Crippen LogP contribution in [0.25, 0.3) is 0 Å². The molecule has 9 heteroatoms. The van der Waals surface area contributed by atoms with Crippen molar-refractivity contribution in [1.82, 2.24) is 0 Å². The van der Waals surface area contributed by atoms with Crippen LogP contribution in [0.2, 0.25) is 0 Å². The zero-order chi connectivity index (χ0) is 51.9. The van der Waals surface area contributed by atoms with Crippen molar-refractivity contribution in [3.63, 3.8) is 0 Å². The third-order valence-corrected chi connectivity index (χ3v) is 14.7. The smallest absolute Gasteiger partial charge is 0.457 e. The van der Waals surface area contributed by atoms with Crippen LogP contribution in [0.3, 0.4) is 0 Å². The van der Waals surface area contributed by atoms with E-state index in [0.717, 1.165) is 44.9 Å². The third-order valence-electron chi connectivity index (χ3n) is 13.7. The van der Waals surface area contributed by atoms with Crippen molar-refractivity contribution < 1.29 is 37.3 Å². The van der Waals surface area contributed by atoms with Gasteiger partial charge >= 0.3 is 13.8 Å². The Balaban J connectivity index is 4.03. The molecule has 0 aromatic carbocycles. The summed E-state index contributed by atoms with van der Waals surface area (Å²) in [6, 6.07) is 0. The number of quaternary nitrogens is 1. The molecule has 0 fully saturated rings. The van der Waals surface area contributed by atoms with Gasteiger partial charge in [0.1, 0.15) is 19.3 Å². The maximum absolute atomic E-state index is 12.8.